The average molecular weight is 519 g/mol. The maximum atomic E-state index is 13.2. The fraction of sp³-hybridized carbons (Fsp3) is 0.935. The predicted molar refractivity (Wildman–Crippen MR) is 140 cm³/mol. The average Bonchev–Trinajstić information content (AvgIpc) is 3.19. The van der Waals surface area contributed by atoms with E-state index in [0.29, 0.717) is 36.0 Å². The van der Waals surface area contributed by atoms with Gasteiger partial charge in [0.2, 0.25) is 0 Å². The molecule has 0 radical (unpaired) electrons. The highest BCUT2D eigenvalue weighted by atomic mass is 16.6. The Balaban J connectivity index is 1.39. The minimum absolute atomic E-state index is 0.0579. The normalized spacial score (nSPS) is 48.3. The zero-order chi connectivity index (χ0) is 26.5. The van der Waals surface area contributed by atoms with Crippen LogP contribution in [0.5, 0.6) is 0 Å². The summed E-state index contributed by atoms with van der Waals surface area (Å²) in [5.41, 5.74) is 0.147. The maximum Gasteiger partial charge on any atom is 0.308 e. The monoisotopic (exact) mass is 518 g/mol. The lowest BCUT2D eigenvalue weighted by molar-refractivity contribution is -0.198. The summed E-state index contributed by atoms with van der Waals surface area (Å²) in [6.07, 6.45) is 10.7. The number of cyclic esters (lactones) is 1. The van der Waals surface area contributed by atoms with Crippen LogP contribution in [-0.4, -0.2) is 46.6 Å². The van der Waals surface area contributed by atoms with Crippen molar-refractivity contribution < 1.29 is 29.3 Å². The molecule has 1 heterocycles. The first-order valence-corrected chi connectivity index (χ1v) is 15.3. The van der Waals surface area contributed by atoms with Crippen molar-refractivity contribution in [2.75, 3.05) is 0 Å². The Morgan fingerprint density at radius 3 is 2.54 bits per heavy atom. The van der Waals surface area contributed by atoms with Gasteiger partial charge in [-0.05, 0) is 106 Å². The third-order valence-electron chi connectivity index (χ3n) is 12.2. The maximum absolute atomic E-state index is 13.2. The molecule has 0 spiro atoms. The van der Waals surface area contributed by atoms with Crippen LogP contribution >= 0.6 is 0 Å². The fourth-order valence-corrected chi connectivity index (χ4v) is 9.79. The molecule has 1 aliphatic heterocycles. The van der Waals surface area contributed by atoms with Gasteiger partial charge in [-0.1, -0.05) is 27.7 Å². The second-order valence-electron chi connectivity index (χ2n) is 14.0. The minimum atomic E-state index is -0.595. The number of fused-ring (bicyclic) bond motifs is 5. The van der Waals surface area contributed by atoms with Crippen molar-refractivity contribution in [1.82, 2.24) is 0 Å². The Labute approximate surface area is 223 Å². The van der Waals surface area contributed by atoms with E-state index in [1.807, 2.05) is 13.8 Å². The van der Waals surface area contributed by atoms with Crippen LogP contribution in [-0.2, 0) is 19.1 Å². The van der Waals surface area contributed by atoms with Crippen molar-refractivity contribution >= 4 is 11.9 Å². The molecule has 6 heteroatoms. The molecule has 0 amide bonds. The number of aliphatic hydroxyl groups is 2. The van der Waals surface area contributed by atoms with E-state index in [1.165, 1.54) is 19.3 Å². The van der Waals surface area contributed by atoms with Gasteiger partial charge in [0.25, 0.3) is 0 Å². The number of carbonyl (C=O) groups excluding carboxylic acids is 2. The van der Waals surface area contributed by atoms with Gasteiger partial charge in [0, 0.05) is 11.8 Å². The molecule has 5 rings (SSSR count). The van der Waals surface area contributed by atoms with Crippen molar-refractivity contribution in [2.24, 2.45) is 46.3 Å². The zero-order valence-corrected chi connectivity index (χ0v) is 23.5. The van der Waals surface area contributed by atoms with E-state index < -0.39 is 6.10 Å². The van der Waals surface area contributed by atoms with Gasteiger partial charge in [0.1, 0.15) is 12.2 Å². The number of rotatable bonds is 6. The molecule has 0 aromatic rings. The molecule has 0 aromatic heterocycles. The first-order valence-electron chi connectivity index (χ1n) is 15.3. The highest BCUT2D eigenvalue weighted by Gasteiger charge is 2.64. The van der Waals surface area contributed by atoms with Gasteiger partial charge in [-0.2, -0.15) is 0 Å². The van der Waals surface area contributed by atoms with Crippen LogP contribution in [0.1, 0.15) is 111 Å². The number of esters is 2. The molecule has 6 nitrogen and oxygen atoms in total. The van der Waals surface area contributed by atoms with Gasteiger partial charge >= 0.3 is 11.9 Å². The van der Waals surface area contributed by atoms with E-state index >= 15 is 0 Å². The van der Waals surface area contributed by atoms with Gasteiger partial charge in [-0.15, -0.1) is 0 Å². The van der Waals surface area contributed by atoms with Crippen LogP contribution in [0.3, 0.4) is 0 Å². The van der Waals surface area contributed by atoms with Gasteiger partial charge in [-0.25, -0.2) is 0 Å². The molecular weight excluding hydrogens is 468 g/mol. The van der Waals surface area contributed by atoms with Crippen molar-refractivity contribution in [3.05, 3.63) is 0 Å². The van der Waals surface area contributed by atoms with Crippen LogP contribution < -0.4 is 0 Å². The van der Waals surface area contributed by atoms with Crippen LogP contribution in [0.4, 0.5) is 0 Å². The van der Waals surface area contributed by atoms with Crippen LogP contribution in [0.15, 0.2) is 0 Å². The van der Waals surface area contributed by atoms with Gasteiger partial charge in [-0.3, -0.25) is 9.59 Å². The summed E-state index contributed by atoms with van der Waals surface area (Å²) in [5.74, 6) is 2.28. The number of ether oxygens (including phenoxy) is 2. The van der Waals surface area contributed by atoms with Crippen molar-refractivity contribution in [1.29, 1.82) is 0 Å². The summed E-state index contributed by atoms with van der Waals surface area (Å²) >= 11 is 0. The second-order valence-corrected chi connectivity index (χ2v) is 14.0. The molecule has 12 atom stereocenters. The van der Waals surface area contributed by atoms with E-state index in [9.17, 15) is 19.8 Å². The lowest BCUT2D eigenvalue weighted by Crippen LogP contribution is -2.59. The first kappa shape index (κ1) is 27.4. The van der Waals surface area contributed by atoms with Crippen molar-refractivity contribution in [3.63, 3.8) is 0 Å². The number of hydrogen-bond donors (Lipinski definition) is 2. The molecule has 5 fully saturated rings. The number of aliphatic hydroxyl groups excluding tert-OH is 2. The highest BCUT2D eigenvalue weighted by molar-refractivity contribution is 5.72. The topological polar surface area (TPSA) is 93.1 Å². The standard InChI is InChI=1S/C31H50O6/c1-5-18(2)29(35)37-27-17-26-24(10-7-20-14-21(32)12-13-30(20,26)3)25-11-8-19(31(25,27)4)6-9-23-15-22(33)16-28(34)36-23/h18-27,32-33H,5-17H2,1-4H3/t18-,19-,20+,21+,22+,23+,24-,25-,26-,27-,30-,31+/m0/s1. The zero-order valence-electron chi connectivity index (χ0n) is 23.5. The molecular formula is C31H50O6. The smallest absolute Gasteiger partial charge is 0.308 e. The Morgan fingerprint density at radius 1 is 1.03 bits per heavy atom. The van der Waals surface area contributed by atoms with Crippen molar-refractivity contribution in [3.8, 4) is 0 Å². The van der Waals surface area contributed by atoms with Crippen molar-refractivity contribution in [2.45, 2.75) is 136 Å². The van der Waals surface area contributed by atoms with Gasteiger partial charge < -0.3 is 19.7 Å². The van der Waals surface area contributed by atoms with Crippen LogP contribution in [0, 0.1) is 46.3 Å². The Hall–Kier alpha value is -1.14. The molecule has 0 unspecified atom stereocenters. The first-order chi connectivity index (χ1) is 17.6. The largest absolute Gasteiger partial charge is 0.462 e. The number of carbonyl (C=O) groups is 2. The predicted octanol–water partition coefficient (Wildman–Crippen LogP) is 5.42. The molecule has 210 valence electrons. The van der Waals surface area contributed by atoms with Crippen LogP contribution in [0.2, 0.25) is 0 Å². The summed E-state index contributed by atoms with van der Waals surface area (Å²) in [5, 5.41) is 20.5. The van der Waals surface area contributed by atoms with Gasteiger partial charge in [0.15, 0.2) is 0 Å². The molecule has 37 heavy (non-hydrogen) atoms. The molecule has 4 saturated carbocycles. The van der Waals surface area contributed by atoms with Crippen LogP contribution in [0.25, 0.3) is 0 Å². The van der Waals surface area contributed by atoms with E-state index in [1.54, 1.807) is 0 Å². The Morgan fingerprint density at radius 2 is 1.81 bits per heavy atom. The fourth-order valence-electron chi connectivity index (χ4n) is 9.79. The number of hydrogen-bond acceptors (Lipinski definition) is 6. The molecule has 1 saturated heterocycles. The summed E-state index contributed by atoms with van der Waals surface area (Å²) < 4.78 is 12.1. The van der Waals surface area contributed by atoms with E-state index in [4.69, 9.17) is 9.47 Å². The second kappa shape index (κ2) is 10.4. The Kier molecular flexibility index (Phi) is 7.74. The molecule has 5 aliphatic rings. The minimum Gasteiger partial charge on any atom is -0.462 e. The Bertz CT molecular complexity index is 859. The van der Waals surface area contributed by atoms with Gasteiger partial charge in [0.05, 0.1) is 24.5 Å². The lowest BCUT2D eigenvalue weighted by atomic mass is 9.44. The van der Waals surface area contributed by atoms with E-state index in [-0.39, 0.29) is 53.4 Å². The summed E-state index contributed by atoms with van der Waals surface area (Å²) in [4.78, 5) is 25.1. The molecule has 0 bridgehead atoms. The van der Waals surface area contributed by atoms with E-state index in [2.05, 4.69) is 13.8 Å². The lowest BCUT2D eigenvalue weighted by Gasteiger charge is -2.62. The summed E-state index contributed by atoms with van der Waals surface area (Å²) in [7, 11) is 0. The highest BCUT2D eigenvalue weighted by Crippen LogP contribution is 2.68. The third-order valence-corrected chi connectivity index (χ3v) is 12.2. The molecule has 0 aromatic carbocycles. The SMILES string of the molecule is CC[C@H](C)C(=O)O[C@H]1C[C@H]2[C@@H](CC[C@@H]3C[C@H](O)CC[C@@]32C)[C@@H]2CC[C@H](CC[C@@H]3C[C@@H](O)CC(=O)O3)[C@@]12C. The third kappa shape index (κ3) is 4.88. The quantitative estimate of drug-likeness (QED) is 0.456. The molecule has 2 N–H and O–H groups in total. The summed E-state index contributed by atoms with van der Waals surface area (Å²) in [6, 6.07) is 0. The van der Waals surface area contributed by atoms with E-state index in [0.717, 1.165) is 51.4 Å². The molecule has 4 aliphatic carbocycles. The summed E-state index contributed by atoms with van der Waals surface area (Å²) in [6.45, 7) is 8.90.